The topological polar surface area (TPSA) is 104 Å². The first-order valence-corrected chi connectivity index (χ1v) is 7.94. The molecular formula is C18H18N2O6. The number of aryl methyl sites for hydroxylation is 1. The molecule has 136 valence electrons. The van der Waals surface area contributed by atoms with Crippen LogP contribution in [-0.2, 0) is 20.9 Å². The average Bonchev–Trinajstić information content (AvgIpc) is 3.19. The van der Waals surface area contributed by atoms with E-state index in [2.05, 4.69) is 10.5 Å². The van der Waals surface area contributed by atoms with Crippen LogP contribution < -0.4 is 5.32 Å². The first-order valence-electron chi connectivity index (χ1n) is 7.94. The molecule has 1 aromatic carbocycles. The van der Waals surface area contributed by atoms with Crippen LogP contribution in [-0.4, -0.2) is 30.2 Å². The van der Waals surface area contributed by atoms with Crippen molar-refractivity contribution < 1.29 is 28.0 Å². The molecule has 2 heterocycles. The molecule has 0 aliphatic heterocycles. The van der Waals surface area contributed by atoms with Gasteiger partial charge in [-0.15, -0.1) is 0 Å². The Hall–Kier alpha value is -3.13. The van der Waals surface area contributed by atoms with E-state index in [0.717, 1.165) is 5.39 Å². The maximum absolute atomic E-state index is 12.5. The van der Waals surface area contributed by atoms with Gasteiger partial charge in [0.1, 0.15) is 11.3 Å². The minimum Gasteiger partial charge on any atom is -0.449 e. The molecule has 0 aliphatic carbocycles. The fraction of sp³-hybridized carbons (Fsp3) is 0.278. The van der Waals surface area contributed by atoms with Crippen molar-refractivity contribution in [3.8, 4) is 0 Å². The van der Waals surface area contributed by atoms with E-state index >= 15 is 0 Å². The number of hydrogen-bond donors (Lipinski definition) is 1. The van der Waals surface area contributed by atoms with Gasteiger partial charge in [-0.05, 0) is 19.9 Å². The first kappa shape index (κ1) is 17.7. The number of rotatable bonds is 6. The highest BCUT2D eigenvalue weighted by Gasteiger charge is 2.26. The molecule has 1 atom stereocenters. The third-order valence-corrected chi connectivity index (χ3v) is 3.70. The molecule has 1 amide bonds. The number of methoxy groups -OCH3 is 1. The number of carbonyl (C=O) groups is 2. The molecular weight excluding hydrogens is 340 g/mol. The Bertz CT molecular complexity index is 942. The minimum absolute atomic E-state index is 0.0185. The van der Waals surface area contributed by atoms with Gasteiger partial charge in [0.2, 0.25) is 5.76 Å². The SMILES string of the molecule is COCc1c(C(=O)O[C@@H](C)C(=O)Nc2cc(C)on2)oc2ccccc12. The lowest BCUT2D eigenvalue weighted by atomic mass is 10.1. The summed E-state index contributed by atoms with van der Waals surface area (Å²) in [6.45, 7) is 3.34. The second-order valence-electron chi connectivity index (χ2n) is 5.70. The number of nitrogens with zero attached hydrogens (tertiary/aromatic N) is 1. The largest absolute Gasteiger partial charge is 0.449 e. The Kier molecular flexibility index (Phi) is 5.04. The smallest absolute Gasteiger partial charge is 0.375 e. The number of esters is 1. The average molecular weight is 358 g/mol. The third-order valence-electron chi connectivity index (χ3n) is 3.70. The number of furan rings is 1. The Morgan fingerprint density at radius 2 is 2.08 bits per heavy atom. The van der Waals surface area contributed by atoms with Crippen LogP contribution in [0.15, 0.2) is 39.3 Å². The Labute approximate surface area is 149 Å². The monoisotopic (exact) mass is 358 g/mol. The Balaban J connectivity index is 1.75. The molecule has 3 rings (SSSR count). The van der Waals surface area contributed by atoms with Crippen LogP contribution >= 0.6 is 0 Å². The van der Waals surface area contributed by atoms with E-state index in [4.69, 9.17) is 18.4 Å². The number of amides is 1. The molecule has 26 heavy (non-hydrogen) atoms. The van der Waals surface area contributed by atoms with Gasteiger partial charge in [0.25, 0.3) is 5.91 Å². The van der Waals surface area contributed by atoms with E-state index in [1.165, 1.54) is 14.0 Å². The van der Waals surface area contributed by atoms with Gasteiger partial charge in [-0.3, -0.25) is 4.79 Å². The molecule has 0 fully saturated rings. The summed E-state index contributed by atoms with van der Waals surface area (Å²) in [5.74, 6) is -0.455. The molecule has 3 aromatic rings. The zero-order valence-corrected chi connectivity index (χ0v) is 14.6. The summed E-state index contributed by atoms with van der Waals surface area (Å²) in [5.41, 5.74) is 1.12. The number of ether oxygens (including phenoxy) is 2. The number of nitrogens with one attached hydrogen (secondary N) is 1. The second-order valence-corrected chi connectivity index (χ2v) is 5.70. The predicted molar refractivity (Wildman–Crippen MR) is 91.7 cm³/mol. The number of carbonyl (C=O) groups excluding carboxylic acids is 2. The van der Waals surface area contributed by atoms with Crippen molar-refractivity contribution in [2.75, 3.05) is 12.4 Å². The van der Waals surface area contributed by atoms with Crippen LogP contribution in [0.4, 0.5) is 5.82 Å². The number of anilines is 1. The molecule has 0 saturated carbocycles. The zero-order valence-electron chi connectivity index (χ0n) is 14.6. The summed E-state index contributed by atoms with van der Waals surface area (Å²) in [5, 5.41) is 6.93. The Morgan fingerprint density at radius 3 is 2.77 bits per heavy atom. The van der Waals surface area contributed by atoms with Gasteiger partial charge in [-0.25, -0.2) is 4.79 Å². The van der Waals surface area contributed by atoms with Crippen molar-refractivity contribution in [3.05, 3.63) is 47.4 Å². The van der Waals surface area contributed by atoms with Gasteiger partial charge < -0.3 is 23.7 Å². The molecule has 0 radical (unpaired) electrons. The van der Waals surface area contributed by atoms with Crippen LogP contribution in [0.5, 0.6) is 0 Å². The van der Waals surface area contributed by atoms with Gasteiger partial charge >= 0.3 is 5.97 Å². The molecule has 0 unspecified atom stereocenters. The number of aromatic nitrogens is 1. The van der Waals surface area contributed by atoms with E-state index in [-0.39, 0.29) is 18.2 Å². The fourth-order valence-electron chi connectivity index (χ4n) is 2.47. The molecule has 0 aliphatic rings. The van der Waals surface area contributed by atoms with E-state index in [1.54, 1.807) is 25.1 Å². The van der Waals surface area contributed by atoms with E-state index in [9.17, 15) is 9.59 Å². The molecule has 0 spiro atoms. The third kappa shape index (κ3) is 3.60. The molecule has 1 N–H and O–H groups in total. The highest BCUT2D eigenvalue weighted by Crippen LogP contribution is 2.27. The van der Waals surface area contributed by atoms with Gasteiger partial charge in [0, 0.05) is 24.1 Å². The summed E-state index contributed by atoms with van der Waals surface area (Å²) in [6, 6.07) is 8.76. The van der Waals surface area contributed by atoms with Crippen molar-refractivity contribution in [2.24, 2.45) is 0 Å². The van der Waals surface area contributed by atoms with Crippen LogP contribution in [0, 0.1) is 6.92 Å². The second kappa shape index (κ2) is 7.40. The fourth-order valence-corrected chi connectivity index (χ4v) is 2.47. The molecule has 0 bridgehead atoms. The van der Waals surface area contributed by atoms with Crippen LogP contribution in [0.3, 0.4) is 0 Å². The maximum atomic E-state index is 12.5. The normalized spacial score (nSPS) is 12.1. The van der Waals surface area contributed by atoms with Crippen molar-refractivity contribution in [3.63, 3.8) is 0 Å². The highest BCUT2D eigenvalue weighted by atomic mass is 16.6. The van der Waals surface area contributed by atoms with Crippen LogP contribution in [0.2, 0.25) is 0 Å². The Morgan fingerprint density at radius 1 is 1.31 bits per heavy atom. The summed E-state index contributed by atoms with van der Waals surface area (Å²) >= 11 is 0. The number of hydrogen-bond acceptors (Lipinski definition) is 7. The molecule has 0 saturated heterocycles. The summed E-state index contributed by atoms with van der Waals surface area (Å²) in [4.78, 5) is 24.6. The molecule has 2 aromatic heterocycles. The van der Waals surface area contributed by atoms with Crippen molar-refractivity contribution in [1.29, 1.82) is 0 Å². The van der Waals surface area contributed by atoms with Gasteiger partial charge in [-0.1, -0.05) is 23.4 Å². The zero-order chi connectivity index (χ0) is 18.7. The summed E-state index contributed by atoms with van der Waals surface area (Å²) in [7, 11) is 1.52. The van der Waals surface area contributed by atoms with Crippen molar-refractivity contribution in [1.82, 2.24) is 5.16 Å². The van der Waals surface area contributed by atoms with Crippen molar-refractivity contribution >= 4 is 28.7 Å². The van der Waals surface area contributed by atoms with E-state index in [0.29, 0.717) is 16.9 Å². The first-order chi connectivity index (χ1) is 12.5. The number of benzene rings is 1. The van der Waals surface area contributed by atoms with Crippen LogP contribution in [0.25, 0.3) is 11.0 Å². The van der Waals surface area contributed by atoms with Crippen LogP contribution in [0.1, 0.15) is 28.8 Å². The standard InChI is InChI=1S/C18H18N2O6/c1-10-8-15(20-26-10)19-17(21)11(2)24-18(22)16-13(9-23-3)12-6-4-5-7-14(12)25-16/h4-8,11H,9H2,1-3H3,(H,19,20,21)/t11-/m0/s1. The molecule has 8 nitrogen and oxygen atoms in total. The van der Waals surface area contributed by atoms with Gasteiger partial charge in [-0.2, -0.15) is 0 Å². The van der Waals surface area contributed by atoms with E-state index in [1.807, 2.05) is 12.1 Å². The lowest BCUT2D eigenvalue weighted by molar-refractivity contribution is -0.123. The lowest BCUT2D eigenvalue weighted by Crippen LogP contribution is -2.30. The molecule has 8 heteroatoms. The maximum Gasteiger partial charge on any atom is 0.375 e. The minimum atomic E-state index is -1.05. The summed E-state index contributed by atoms with van der Waals surface area (Å²) in [6.07, 6.45) is -1.05. The predicted octanol–water partition coefficient (Wildman–Crippen LogP) is 3.06. The quantitative estimate of drug-likeness (QED) is 0.675. The number of para-hydroxylation sites is 1. The van der Waals surface area contributed by atoms with Gasteiger partial charge in [0.05, 0.1) is 6.61 Å². The lowest BCUT2D eigenvalue weighted by Gasteiger charge is -2.11. The van der Waals surface area contributed by atoms with E-state index < -0.39 is 18.0 Å². The van der Waals surface area contributed by atoms with Crippen molar-refractivity contribution in [2.45, 2.75) is 26.6 Å². The highest BCUT2D eigenvalue weighted by molar-refractivity contribution is 5.99. The summed E-state index contributed by atoms with van der Waals surface area (Å²) < 4.78 is 20.9. The van der Waals surface area contributed by atoms with Gasteiger partial charge in [0.15, 0.2) is 11.9 Å². The number of fused-ring (bicyclic) bond motifs is 1.